The van der Waals surface area contributed by atoms with E-state index in [4.69, 9.17) is 0 Å². The van der Waals surface area contributed by atoms with E-state index in [-0.39, 0.29) is 6.54 Å². The van der Waals surface area contributed by atoms with Crippen LogP contribution in [0.15, 0.2) is 0 Å². The SMILES string of the molecule is CC1(O)CCN(S(=O)(=O)N2CCCCC2)C1. The molecular weight excluding hydrogens is 228 g/mol. The number of nitrogens with zero attached hydrogens (tertiary/aromatic N) is 2. The van der Waals surface area contributed by atoms with Gasteiger partial charge < -0.3 is 5.11 Å². The quantitative estimate of drug-likeness (QED) is 0.758. The fourth-order valence-corrected chi connectivity index (χ4v) is 4.17. The summed E-state index contributed by atoms with van der Waals surface area (Å²) in [7, 11) is -3.33. The van der Waals surface area contributed by atoms with Gasteiger partial charge in [-0.3, -0.25) is 0 Å². The molecule has 2 saturated heterocycles. The molecule has 94 valence electrons. The summed E-state index contributed by atoms with van der Waals surface area (Å²) in [4.78, 5) is 0. The average molecular weight is 248 g/mol. The minimum absolute atomic E-state index is 0.228. The summed E-state index contributed by atoms with van der Waals surface area (Å²) in [6.45, 7) is 3.61. The normalized spacial score (nSPS) is 34.4. The highest BCUT2D eigenvalue weighted by atomic mass is 32.2. The van der Waals surface area contributed by atoms with E-state index in [2.05, 4.69) is 0 Å². The Morgan fingerprint density at radius 3 is 2.19 bits per heavy atom. The third kappa shape index (κ3) is 2.40. The Hall–Kier alpha value is -0.170. The van der Waals surface area contributed by atoms with Gasteiger partial charge >= 0.3 is 0 Å². The average Bonchev–Trinajstić information content (AvgIpc) is 2.61. The van der Waals surface area contributed by atoms with E-state index in [1.54, 1.807) is 11.2 Å². The van der Waals surface area contributed by atoms with Crippen LogP contribution in [0.1, 0.15) is 32.6 Å². The molecule has 0 saturated carbocycles. The van der Waals surface area contributed by atoms with Gasteiger partial charge in [0.15, 0.2) is 0 Å². The summed E-state index contributed by atoms with van der Waals surface area (Å²) >= 11 is 0. The topological polar surface area (TPSA) is 60.9 Å². The lowest BCUT2D eigenvalue weighted by Crippen LogP contribution is -2.46. The number of hydrogen-bond donors (Lipinski definition) is 1. The fourth-order valence-electron chi connectivity index (χ4n) is 2.36. The van der Waals surface area contributed by atoms with E-state index in [9.17, 15) is 13.5 Å². The molecule has 1 unspecified atom stereocenters. The molecule has 2 fully saturated rings. The Kier molecular flexibility index (Phi) is 3.27. The van der Waals surface area contributed by atoms with Gasteiger partial charge in [0.25, 0.3) is 10.2 Å². The molecule has 1 atom stereocenters. The van der Waals surface area contributed by atoms with Gasteiger partial charge in [0.1, 0.15) is 0 Å². The van der Waals surface area contributed by atoms with Crippen molar-refractivity contribution in [3.63, 3.8) is 0 Å². The van der Waals surface area contributed by atoms with Crippen molar-refractivity contribution in [3.05, 3.63) is 0 Å². The number of hydrogen-bond acceptors (Lipinski definition) is 3. The molecule has 2 aliphatic rings. The molecular formula is C10H20N2O3S. The molecule has 16 heavy (non-hydrogen) atoms. The van der Waals surface area contributed by atoms with Gasteiger partial charge in [0.05, 0.1) is 5.60 Å². The molecule has 2 rings (SSSR count). The Labute approximate surface area is 97.2 Å². The smallest absolute Gasteiger partial charge is 0.282 e. The van der Waals surface area contributed by atoms with Gasteiger partial charge in [-0.05, 0) is 26.2 Å². The van der Waals surface area contributed by atoms with Crippen LogP contribution < -0.4 is 0 Å². The molecule has 0 aromatic rings. The standard InChI is InChI=1S/C10H20N2O3S/c1-10(13)5-8-12(9-10)16(14,15)11-6-3-2-4-7-11/h13H,2-9H2,1H3. The molecule has 0 spiro atoms. The molecule has 6 heteroatoms. The lowest BCUT2D eigenvalue weighted by molar-refractivity contribution is 0.0756. The maximum absolute atomic E-state index is 12.2. The van der Waals surface area contributed by atoms with Crippen molar-refractivity contribution in [2.75, 3.05) is 26.2 Å². The Morgan fingerprint density at radius 2 is 1.69 bits per heavy atom. The fraction of sp³-hybridized carbons (Fsp3) is 1.00. The van der Waals surface area contributed by atoms with Crippen LogP contribution in [-0.4, -0.2) is 53.9 Å². The molecule has 0 bridgehead atoms. The Balaban J connectivity index is 2.07. The third-order valence-electron chi connectivity index (χ3n) is 3.38. The first-order valence-corrected chi connectivity index (χ1v) is 7.29. The third-order valence-corrected chi connectivity index (χ3v) is 5.37. The highest BCUT2D eigenvalue weighted by molar-refractivity contribution is 7.86. The number of aliphatic hydroxyl groups is 1. The van der Waals surface area contributed by atoms with Crippen LogP contribution in [0.4, 0.5) is 0 Å². The molecule has 5 nitrogen and oxygen atoms in total. The largest absolute Gasteiger partial charge is 0.389 e. The lowest BCUT2D eigenvalue weighted by Gasteiger charge is -2.30. The first-order valence-electron chi connectivity index (χ1n) is 5.89. The van der Waals surface area contributed by atoms with Gasteiger partial charge in [0, 0.05) is 26.2 Å². The zero-order chi connectivity index (χ0) is 11.8. The van der Waals surface area contributed by atoms with Crippen molar-refractivity contribution in [3.8, 4) is 0 Å². The minimum atomic E-state index is -3.33. The second-order valence-corrected chi connectivity index (χ2v) is 6.98. The van der Waals surface area contributed by atoms with Gasteiger partial charge in [-0.2, -0.15) is 17.0 Å². The molecule has 0 aromatic heterocycles. The summed E-state index contributed by atoms with van der Waals surface area (Å²) < 4.78 is 27.4. The van der Waals surface area contributed by atoms with Gasteiger partial charge in [0.2, 0.25) is 0 Å². The molecule has 0 aromatic carbocycles. The van der Waals surface area contributed by atoms with Crippen molar-refractivity contribution in [2.24, 2.45) is 0 Å². The van der Waals surface area contributed by atoms with Crippen LogP contribution in [0.25, 0.3) is 0 Å². The Bertz CT molecular complexity index is 347. The van der Waals surface area contributed by atoms with E-state index in [0.29, 0.717) is 26.1 Å². The number of piperidine rings is 1. The summed E-state index contributed by atoms with van der Waals surface area (Å²) in [5.74, 6) is 0. The zero-order valence-electron chi connectivity index (χ0n) is 9.72. The minimum Gasteiger partial charge on any atom is -0.389 e. The molecule has 1 N–H and O–H groups in total. The van der Waals surface area contributed by atoms with Crippen LogP contribution in [-0.2, 0) is 10.2 Å². The van der Waals surface area contributed by atoms with Crippen molar-refractivity contribution < 1.29 is 13.5 Å². The van der Waals surface area contributed by atoms with E-state index in [0.717, 1.165) is 19.3 Å². The van der Waals surface area contributed by atoms with Gasteiger partial charge in [-0.1, -0.05) is 6.42 Å². The maximum atomic E-state index is 12.2. The van der Waals surface area contributed by atoms with Gasteiger partial charge in [-0.25, -0.2) is 0 Å². The van der Waals surface area contributed by atoms with Crippen LogP contribution in [0.3, 0.4) is 0 Å². The van der Waals surface area contributed by atoms with Crippen LogP contribution in [0.2, 0.25) is 0 Å². The van der Waals surface area contributed by atoms with Crippen LogP contribution in [0.5, 0.6) is 0 Å². The van der Waals surface area contributed by atoms with E-state index in [1.807, 2.05) is 0 Å². The number of β-amino-alcohol motifs (C(OH)–C–C–N with tert-alkyl or cyclic N) is 1. The van der Waals surface area contributed by atoms with Crippen molar-refractivity contribution >= 4 is 10.2 Å². The zero-order valence-corrected chi connectivity index (χ0v) is 10.5. The summed E-state index contributed by atoms with van der Waals surface area (Å²) in [5.41, 5.74) is -0.858. The van der Waals surface area contributed by atoms with E-state index in [1.165, 1.54) is 4.31 Å². The second kappa shape index (κ2) is 4.25. The van der Waals surface area contributed by atoms with Crippen molar-refractivity contribution in [1.29, 1.82) is 0 Å². The first-order chi connectivity index (χ1) is 7.42. The second-order valence-electron chi connectivity index (χ2n) is 5.05. The summed E-state index contributed by atoms with van der Waals surface area (Å²) in [6.07, 6.45) is 3.54. The molecule has 0 aliphatic carbocycles. The highest BCUT2D eigenvalue weighted by Gasteiger charge is 2.40. The maximum Gasteiger partial charge on any atom is 0.282 e. The lowest BCUT2D eigenvalue weighted by atomic mass is 10.1. The van der Waals surface area contributed by atoms with E-state index >= 15 is 0 Å². The van der Waals surface area contributed by atoms with Gasteiger partial charge in [-0.15, -0.1) is 0 Å². The summed E-state index contributed by atoms with van der Waals surface area (Å²) in [5, 5.41) is 9.80. The van der Waals surface area contributed by atoms with Crippen molar-refractivity contribution in [2.45, 2.75) is 38.2 Å². The van der Waals surface area contributed by atoms with Crippen molar-refractivity contribution in [1.82, 2.24) is 8.61 Å². The molecule has 2 aliphatic heterocycles. The number of rotatable bonds is 2. The molecule has 0 amide bonds. The predicted molar refractivity (Wildman–Crippen MR) is 61.2 cm³/mol. The Morgan fingerprint density at radius 1 is 1.06 bits per heavy atom. The highest BCUT2D eigenvalue weighted by Crippen LogP contribution is 2.25. The molecule has 0 radical (unpaired) electrons. The monoisotopic (exact) mass is 248 g/mol. The van der Waals surface area contributed by atoms with E-state index < -0.39 is 15.8 Å². The predicted octanol–water partition coefficient (Wildman–Crippen LogP) is 0.174. The summed E-state index contributed by atoms with van der Waals surface area (Å²) in [6, 6.07) is 0. The van der Waals surface area contributed by atoms with Crippen LogP contribution in [0, 0.1) is 0 Å². The molecule has 2 heterocycles. The van der Waals surface area contributed by atoms with Crippen LogP contribution >= 0.6 is 0 Å². The first kappa shape index (κ1) is 12.3.